The molecule has 0 atom stereocenters. The summed E-state index contributed by atoms with van der Waals surface area (Å²) < 4.78 is 39.2. The molecule has 2 N–H and O–H groups in total. The molecule has 7 heteroatoms. The van der Waals surface area contributed by atoms with Crippen LogP contribution >= 0.6 is 11.6 Å². The van der Waals surface area contributed by atoms with Gasteiger partial charge in [0.15, 0.2) is 0 Å². The van der Waals surface area contributed by atoms with Crippen LogP contribution < -0.4 is 10.6 Å². The van der Waals surface area contributed by atoms with Gasteiger partial charge in [-0.05, 0) is 36.6 Å². The Balaban J connectivity index is 1.77. The van der Waals surface area contributed by atoms with Crippen molar-refractivity contribution in [2.24, 2.45) is 0 Å². The minimum atomic E-state index is -4.61. The second-order valence-corrected chi connectivity index (χ2v) is 6.15. The molecule has 2 amide bonds. The summed E-state index contributed by atoms with van der Waals surface area (Å²) in [4.78, 5) is 12.2. The number of anilines is 1. The molecule has 3 rings (SSSR count). The molecule has 0 spiro atoms. The summed E-state index contributed by atoms with van der Waals surface area (Å²) in [7, 11) is 0. The Kier molecular flexibility index (Phi) is 4.17. The molecule has 0 aliphatic heterocycles. The van der Waals surface area contributed by atoms with E-state index in [4.69, 9.17) is 11.6 Å². The molecule has 2 aromatic rings. The lowest BCUT2D eigenvalue weighted by Crippen LogP contribution is -2.38. The van der Waals surface area contributed by atoms with Crippen molar-refractivity contribution in [3.05, 3.63) is 64.7 Å². The molecular weight excluding hydrogens is 341 g/mol. The van der Waals surface area contributed by atoms with Gasteiger partial charge in [0.2, 0.25) is 0 Å². The largest absolute Gasteiger partial charge is 0.418 e. The van der Waals surface area contributed by atoms with E-state index in [1.54, 1.807) is 0 Å². The Bertz CT molecular complexity index is 758. The van der Waals surface area contributed by atoms with Gasteiger partial charge >= 0.3 is 12.2 Å². The molecule has 0 saturated heterocycles. The van der Waals surface area contributed by atoms with Gasteiger partial charge in [-0.1, -0.05) is 41.9 Å². The van der Waals surface area contributed by atoms with Gasteiger partial charge in [-0.3, -0.25) is 0 Å². The van der Waals surface area contributed by atoms with Gasteiger partial charge in [-0.2, -0.15) is 13.2 Å². The summed E-state index contributed by atoms with van der Waals surface area (Å²) in [6, 6.07) is 11.9. The summed E-state index contributed by atoms with van der Waals surface area (Å²) in [6.07, 6.45) is -3.11. The standard InChI is InChI=1S/C17H14ClF3N2O/c18-12-6-7-14(13(10-12)17(19,20)21)22-15(24)23-16(8-9-16)11-4-2-1-3-5-11/h1-7,10H,8-9H2,(H2,22,23,24). The number of carbonyl (C=O) groups is 1. The van der Waals surface area contributed by atoms with Gasteiger partial charge in [0, 0.05) is 5.02 Å². The summed E-state index contributed by atoms with van der Waals surface area (Å²) in [5, 5.41) is 5.01. The van der Waals surface area contributed by atoms with Crippen molar-refractivity contribution in [2.45, 2.75) is 24.6 Å². The molecule has 0 bridgehead atoms. The van der Waals surface area contributed by atoms with E-state index in [1.165, 1.54) is 6.07 Å². The zero-order chi connectivity index (χ0) is 17.4. The molecule has 0 heterocycles. The first-order valence-electron chi connectivity index (χ1n) is 7.32. The lowest BCUT2D eigenvalue weighted by atomic mass is 10.1. The number of amides is 2. The van der Waals surface area contributed by atoms with E-state index in [-0.39, 0.29) is 10.7 Å². The van der Waals surface area contributed by atoms with Crippen LogP contribution in [0.25, 0.3) is 0 Å². The van der Waals surface area contributed by atoms with E-state index in [0.717, 1.165) is 30.5 Å². The fraction of sp³-hybridized carbons (Fsp3) is 0.235. The lowest BCUT2D eigenvalue weighted by molar-refractivity contribution is -0.136. The summed E-state index contributed by atoms with van der Waals surface area (Å²) in [5.41, 5.74) is -0.869. The average molecular weight is 355 g/mol. The molecule has 1 fully saturated rings. The molecule has 2 aromatic carbocycles. The van der Waals surface area contributed by atoms with Gasteiger partial charge in [0.1, 0.15) is 0 Å². The maximum atomic E-state index is 13.1. The van der Waals surface area contributed by atoms with E-state index in [1.807, 2.05) is 30.3 Å². The van der Waals surface area contributed by atoms with Gasteiger partial charge in [-0.15, -0.1) is 0 Å². The summed E-state index contributed by atoms with van der Waals surface area (Å²) >= 11 is 5.63. The normalized spacial score (nSPS) is 15.7. The number of carbonyl (C=O) groups excluding carboxylic acids is 1. The topological polar surface area (TPSA) is 41.1 Å². The molecule has 1 saturated carbocycles. The average Bonchev–Trinajstić information content (AvgIpc) is 3.29. The van der Waals surface area contributed by atoms with Gasteiger partial charge in [-0.25, -0.2) is 4.79 Å². The molecule has 1 aliphatic carbocycles. The van der Waals surface area contributed by atoms with Crippen LogP contribution in [0.3, 0.4) is 0 Å². The van der Waals surface area contributed by atoms with Crippen molar-refractivity contribution < 1.29 is 18.0 Å². The lowest BCUT2D eigenvalue weighted by Gasteiger charge is -2.20. The third-order valence-corrected chi connectivity index (χ3v) is 4.20. The van der Waals surface area contributed by atoms with Crippen LogP contribution in [-0.4, -0.2) is 6.03 Å². The summed E-state index contributed by atoms with van der Waals surface area (Å²) in [6.45, 7) is 0. The van der Waals surface area contributed by atoms with Crippen LogP contribution in [-0.2, 0) is 11.7 Å². The molecule has 24 heavy (non-hydrogen) atoms. The minimum Gasteiger partial charge on any atom is -0.328 e. The Morgan fingerprint density at radius 1 is 1.08 bits per heavy atom. The van der Waals surface area contributed by atoms with E-state index < -0.39 is 23.3 Å². The number of nitrogens with one attached hydrogen (secondary N) is 2. The monoisotopic (exact) mass is 354 g/mol. The predicted octanol–water partition coefficient (Wildman–Crippen LogP) is 5.17. The van der Waals surface area contributed by atoms with E-state index in [2.05, 4.69) is 10.6 Å². The van der Waals surface area contributed by atoms with E-state index >= 15 is 0 Å². The minimum absolute atomic E-state index is 0.0452. The van der Waals surface area contributed by atoms with Gasteiger partial charge < -0.3 is 10.6 Å². The fourth-order valence-corrected chi connectivity index (χ4v) is 2.77. The van der Waals surface area contributed by atoms with E-state index in [9.17, 15) is 18.0 Å². The fourth-order valence-electron chi connectivity index (χ4n) is 2.60. The molecule has 1 aliphatic rings. The van der Waals surface area contributed by atoms with Crippen molar-refractivity contribution in [2.75, 3.05) is 5.32 Å². The first-order chi connectivity index (χ1) is 11.3. The predicted molar refractivity (Wildman–Crippen MR) is 86.0 cm³/mol. The Morgan fingerprint density at radius 3 is 2.33 bits per heavy atom. The number of hydrogen-bond acceptors (Lipinski definition) is 1. The molecule has 126 valence electrons. The SMILES string of the molecule is O=C(Nc1ccc(Cl)cc1C(F)(F)F)NC1(c2ccccc2)CC1. The van der Waals surface area contributed by atoms with Gasteiger partial charge in [0.25, 0.3) is 0 Å². The van der Waals surface area contributed by atoms with Gasteiger partial charge in [0.05, 0.1) is 16.8 Å². The van der Waals surface area contributed by atoms with Crippen LogP contribution in [0.5, 0.6) is 0 Å². The maximum Gasteiger partial charge on any atom is 0.418 e. The van der Waals surface area contributed by atoms with Crippen molar-refractivity contribution in [3.8, 4) is 0 Å². The van der Waals surface area contributed by atoms with Crippen LogP contribution in [0, 0.1) is 0 Å². The molecular formula is C17H14ClF3N2O. The van der Waals surface area contributed by atoms with Crippen molar-refractivity contribution in [1.29, 1.82) is 0 Å². The quantitative estimate of drug-likeness (QED) is 0.784. The number of hydrogen-bond donors (Lipinski definition) is 2. The third kappa shape index (κ3) is 3.48. The third-order valence-electron chi connectivity index (χ3n) is 3.96. The zero-order valence-corrected chi connectivity index (χ0v) is 13.2. The highest BCUT2D eigenvalue weighted by atomic mass is 35.5. The van der Waals surface area contributed by atoms with Crippen LogP contribution in [0.2, 0.25) is 5.02 Å². The van der Waals surface area contributed by atoms with Crippen molar-refractivity contribution in [3.63, 3.8) is 0 Å². The highest BCUT2D eigenvalue weighted by molar-refractivity contribution is 6.30. The number of alkyl halides is 3. The van der Waals surface area contributed by atoms with Crippen LogP contribution in [0.15, 0.2) is 48.5 Å². The first-order valence-corrected chi connectivity index (χ1v) is 7.69. The second kappa shape index (κ2) is 6.02. The molecule has 3 nitrogen and oxygen atoms in total. The summed E-state index contributed by atoms with van der Waals surface area (Å²) in [5.74, 6) is 0. The molecule has 0 aromatic heterocycles. The van der Waals surface area contributed by atoms with Crippen LogP contribution in [0.4, 0.5) is 23.7 Å². The zero-order valence-electron chi connectivity index (χ0n) is 12.5. The number of halogens is 4. The number of rotatable bonds is 3. The van der Waals surface area contributed by atoms with Crippen LogP contribution in [0.1, 0.15) is 24.0 Å². The Morgan fingerprint density at radius 2 is 1.75 bits per heavy atom. The highest BCUT2D eigenvalue weighted by Crippen LogP contribution is 2.45. The smallest absolute Gasteiger partial charge is 0.328 e. The van der Waals surface area contributed by atoms with Crippen molar-refractivity contribution >= 4 is 23.3 Å². The van der Waals surface area contributed by atoms with Crippen molar-refractivity contribution in [1.82, 2.24) is 5.32 Å². The highest BCUT2D eigenvalue weighted by Gasteiger charge is 2.45. The number of benzene rings is 2. The number of urea groups is 1. The first kappa shape index (κ1) is 16.6. The molecule has 0 radical (unpaired) electrons. The van der Waals surface area contributed by atoms with E-state index in [0.29, 0.717) is 0 Å². The maximum absolute atomic E-state index is 13.1. The second-order valence-electron chi connectivity index (χ2n) is 5.71. The Labute approximate surface area is 141 Å². The molecule has 0 unspecified atom stereocenters. The Hall–Kier alpha value is -2.21.